The highest BCUT2D eigenvalue weighted by Crippen LogP contribution is 2.40. The van der Waals surface area contributed by atoms with E-state index in [4.69, 9.17) is 7.85 Å². The molecule has 2 heterocycles. The molecule has 1 aliphatic carbocycles. The first-order valence-electron chi connectivity index (χ1n) is 9.15. The third kappa shape index (κ3) is 2.44. The van der Waals surface area contributed by atoms with Gasteiger partial charge in [0, 0.05) is 36.6 Å². The number of nitrogens with zero attached hydrogens (tertiary/aromatic N) is 2. The summed E-state index contributed by atoms with van der Waals surface area (Å²) in [6, 6.07) is 6.59. The van der Waals surface area contributed by atoms with Crippen molar-refractivity contribution in [2.24, 2.45) is 5.92 Å². The molecule has 1 aromatic carbocycles. The van der Waals surface area contributed by atoms with E-state index < -0.39 is 0 Å². The van der Waals surface area contributed by atoms with Crippen LogP contribution < -0.4 is 5.59 Å². The number of nitrogens with one attached hydrogen (secondary N) is 1. The van der Waals surface area contributed by atoms with E-state index in [1.165, 1.54) is 22.1 Å². The molecule has 2 aromatic rings. The highest BCUT2D eigenvalue weighted by Gasteiger charge is 2.36. The lowest BCUT2D eigenvalue weighted by Crippen LogP contribution is -2.48. The van der Waals surface area contributed by atoms with Gasteiger partial charge >= 0.3 is 0 Å². The minimum absolute atomic E-state index is 0.0794. The first kappa shape index (κ1) is 16.5. The lowest BCUT2D eigenvalue weighted by Gasteiger charge is -2.40. The van der Waals surface area contributed by atoms with Crippen LogP contribution >= 0.6 is 0 Å². The zero-order valence-electron chi connectivity index (χ0n) is 15.2. The fraction of sp³-hybridized carbons (Fsp3) is 0.450. The van der Waals surface area contributed by atoms with Crippen LogP contribution in [0.2, 0.25) is 0 Å². The van der Waals surface area contributed by atoms with Crippen molar-refractivity contribution in [3.63, 3.8) is 0 Å². The van der Waals surface area contributed by atoms with Gasteiger partial charge in [-0.05, 0) is 55.7 Å². The largest absolute Gasteiger partial charge is 0.368 e. The molecular formula is C20H24BN3O. The molecule has 1 aliphatic heterocycles. The number of hydrogen-bond donors (Lipinski definition) is 1. The molecule has 4 rings (SSSR count). The van der Waals surface area contributed by atoms with Crippen LogP contribution in [0.3, 0.4) is 0 Å². The van der Waals surface area contributed by atoms with Crippen LogP contribution in [-0.4, -0.2) is 61.3 Å². The molecule has 25 heavy (non-hydrogen) atoms. The highest BCUT2D eigenvalue weighted by molar-refractivity contribution is 6.34. The molecule has 4 nitrogen and oxygen atoms in total. The molecule has 0 spiro atoms. The van der Waals surface area contributed by atoms with Crippen molar-refractivity contribution < 1.29 is 4.79 Å². The number of aromatic amines is 1. The van der Waals surface area contributed by atoms with Crippen LogP contribution in [0.25, 0.3) is 16.5 Å². The van der Waals surface area contributed by atoms with Crippen LogP contribution in [0.4, 0.5) is 0 Å². The Morgan fingerprint density at radius 2 is 2.12 bits per heavy atom. The van der Waals surface area contributed by atoms with Crippen LogP contribution in [0.5, 0.6) is 0 Å². The van der Waals surface area contributed by atoms with Crippen LogP contribution in [0, 0.1) is 5.92 Å². The van der Waals surface area contributed by atoms with Gasteiger partial charge in [0.2, 0.25) is 5.91 Å². The summed E-state index contributed by atoms with van der Waals surface area (Å²) in [6.45, 7) is 6.37. The third-order valence-electron chi connectivity index (χ3n) is 5.82. The molecule has 2 radical (unpaired) electrons. The number of benzene rings is 1. The maximum absolute atomic E-state index is 12.9. The smallest absolute Gasteiger partial charge is 0.230 e. The van der Waals surface area contributed by atoms with E-state index in [9.17, 15) is 4.79 Å². The topological polar surface area (TPSA) is 39.3 Å². The van der Waals surface area contributed by atoms with Gasteiger partial charge in [-0.2, -0.15) is 0 Å². The van der Waals surface area contributed by atoms with Crippen molar-refractivity contribution in [3.8, 4) is 0 Å². The van der Waals surface area contributed by atoms with E-state index in [1.54, 1.807) is 0 Å². The molecule has 1 amide bonds. The summed E-state index contributed by atoms with van der Waals surface area (Å²) in [5, 5.41) is 1.23. The Labute approximate surface area is 150 Å². The van der Waals surface area contributed by atoms with E-state index in [2.05, 4.69) is 41.2 Å². The summed E-state index contributed by atoms with van der Waals surface area (Å²) in [5.41, 5.74) is 5.57. The second-order valence-corrected chi connectivity index (χ2v) is 7.14. The monoisotopic (exact) mass is 333 g/mol. The van der Waals surface area contributed by atoms with Gasteiger partial charge in [-0.15, -0.1) is 0 Å². The Hall–Kier alpha value is -2.01. The molecule has 0 saturated heterocycles. The lowest BCUT2D eigenvalue weighted by molar-refractivity contribution is -0.134. The number of fused-ring (bicyclic) bond motifs is 2. The predicted molar refractivity (Wildman–Crippen MR) is 103 cm³/mol. The number of hydrogen-bond acceptors (Lipinski definition) is 2. The van der Waals surface area contributed by atoms with Gasteiger partial charge in [-0.3, -0.25) is 9.69 Å². The number of amides is 1. The minimum atomic E-state index is -0.0794. The average Bonchev–Trinajstić information content (AvgIpc) is 2.93. The van der Waals surface area contributed by atoms with Crippen molar-refractivity contribution in [1.29, 1.82) is 0 Å². The number of carbonyl (C=O) groups excluding carboxylic acids is 1. The molecule has 1 aromatic heterocycles. The van der Waals surface area contributed by atoms with Crippen molar-refractivity contribution in [2.75, 3.05) is 26.7 Å². The summed E-state index contributed by atoms with van der Waals surface area (Å²) in [7, 11) is 8.35. The first-order valence-corrected chi connectivity index (χ1v) is 9.15. The zero-order valence-corrected chi connectivity index (χ0v) is 15.2. The minimum Gasteiger partial charge on any atom is -0.368 e. The van der Waals surface area contributed by atoms with Crippen molar-refractivity contribution in [1.82, 2.24) is 14.8 Å². The fourth-order valence-electron chi connectivity index (χ4n) is 4.49. The van der Waals surface area contributed by atoms with E-state index in [0.717, 1.165) is 37.2 Å². The number of H-pyrrole nitrogens is 1. The zero-order chi connectivity index (χ0) is 17.7. The van der Waals surface area contributed by atoms with Crippen LogP contribution in [-0.2, 0) is 11.2 Å². The van der Waals surface area contributed by atoms with Crippen molar-refractivity contribution >= 4 is 35.8 Å². The Morgan fingerprint density at radius 3 is 2.84 bits per heavy atom. The highest BCUT2D eigenvalue weighted by atomic mass is 16.2. The second kappa shape index (κ2) is 6.06. The van der Waals surface area contributed by atoms with E-state index in [1.807, 2.05) is 18.7 Å². The second-order valence-electron chi connectivity index (χ2n) is 7.14. The number of carbonyl (C=O) groups is 1. The Kier molecular flexibility index (Phi) is 3.99. The molecule has 0 fully saturated rings. The van der Waals surface area contributed by atoms with Crippen LogP contribution in [0.15, 0.2) is 24.3 Å². The normalized spacial score (nSPS) is 22.6. The van der Waals surface area contributed by atoms with Crippen molar-refractivity contribution in [2.45, 2.75) is 26.3 Å². The molecular weight excluding hydrogens is 309 g/mol. The SMILES string of the molecule is [B]c1[nH]c2cccc3c2c1CC1C3=CC(C(=O)N(CC)CC)CN1C. The third-order valence-corrected chi connectivity index (χ3v) is 5.82. The van der Waals surface area contributed by atoms with Crippen molar-refractivity contribution in [3.05, 3.63) is 35.4 Å². The van der Waals surface area contributed by atoms with Gasteiger partial charge < -0.3 is 9.88 Å². The van der Waals surface area contributed by atoms with Gasteiger partial charge in [-0.1, -0.05) is 18.2 Å². The standard InChI is InChI=1S/C20H24BN3O/c1-4-24(5-2)20(25)12-9-14-13-7-6-8-16-18(13)15(19(21)22-16)10-17(14)23(3)11-12/h6-9,12,17,22H,4-5,10-11H2,1-3H3. The Bertz CT molecular complexity index is 865. The maximum Gasteiger partial charge on any atom is 0.230 e. The van der Waals surface area contributed by atoms with E-state index in [0.29, 0.717) is 0 Å². The van der Waals surface area contributed by atoms with Gasteiger partial charge in [-0.25, -0.2) is 0 Å². The molecule has 1 N–H and O–H groups in total. The lowest BCUT2D eigenvalue weighted by atomic mass is 9.77. The summed E-state index contributed by atoms with van der Waals surface area (Å²) < 4.78 is 0. The predicted octanol–water partition coefficient (Wildman–Crippen LogP) is 1.70. The quantitative estimate of drug-likeness (QED) is 0.869. The Morgan fingerprint density at radius 1 is 1.36 bits per heavy atom. The number of rotatable bonds is 3. The Balaban J connectivity index is 1.83. The molecule has 0 bridgehead atoms. The maximum atomic E-state index is 12.9. The summed E-state index contributed by atoms with van der Waals surface area (Å²) in [4.78, 5) is 20.5. The van der Waals surface area contributed by atoms with Crippen LogP contribution in [0.1, 0.15) is 25.0 Å². The summed E-state index contributed by atoms with van der Waals surface area (Å²) >= 11 is 0. The van der Waals surface area contributed by atoms with Gasteiger partial charge in [0.15, 0.2) is 0 Å². The molecule has 2 aliphatic rings. The van der Waals surface area contributed by atoms with Gasteiger partial charge in [0.1, 0.15) is 7.85 Å². The molecule has 0 saturated carbocycles. The fourth-order valence-corrected chi connectivity index (χ4v) is 4.49. The number of aromatic nitrogens is 1. The molecule has 2 atom stereocenters. The van der Waals surface area contributed by atoms with Gasteiger partial charge in [0.25, 0.3) is 0 Å². The van der Waals surface area contributed by atoms with Gasteiger partial charge in [0.05, 0.1) is 5.92 Å². The molecule has 2 unspecified atom stereocenters. The summed E-state index contributed by atoms with van der Waals surface area (Å²) in [5.74, 6) is 0.151. The number of likely N-dealkylation sites (N-methyl/N-ethyl adjacent to an activating group) is 1. The van der Waals surface area contributed by atoms with E-state index in [-0.39, 0.29) is 17.9 Å². The molecule has 5 heteroatoms. The van der Waals surface area contributed by atoms with E-state index >= 15 is 0 Å². The summed E-state index contributed by atoms with van der Waals surface area (Å²) in [6.07, 6.45) is 3.11. The molecule has 128 valence electrons. The first-order chi connectivity index (χ1) is 12.0. The average molecular weight is 333 g/mol.